The van der Waals surface area contributed by atoms with Gasteiger partial charge in [-0.3, -0.25) is 9.59 Å². The van der Waals surface area contributed by atoms with E-state index in [1.165, 1.54) is 30.4 Å². The number of benzene rings is 2. The van der Waals surface area contributed by atoms with Gasteiger partial charge in [0, 0.05) is 13.0 Å². The fourth-order valence-electron chi connectivity index (χ4n) is 3.58. The van der Waals surface area contributed by atoms with Crippen molar-refractivity contribution in [3.05, 3.63) is 70.8 Å². The zero-order chi connectivity index (χ0) is 19.1. The Labute approximate surface area is 161 Å². The highest BCUT2D eigenvalue weighted by Crippen LogP contribution is 2.24. The van der Waals surface area contributed by atoms with Crippen LogP contribution in [0.4, 0.5) is 0 Å². The summed E-state index contributed by atoms with van der Waals surface area (Å²) >= 11 is 0. The van der Waals surface area contributed by atoms with Gasteiger partial charge >= 0.3 is 0 Å². The van der Waals surface area contributed by atoms with Gasteiger partial charge in [-0.25, -0.2) is 0 Å². The SMILES string of the molecule is CC(NC(=O)CCNC(=O)Cc1ccccc1)c1ccc2c(c1)CCCC2. The normalized spacial score (nSPS) is 14.1. The van der Waals surface area contributed by atoms with E-state index in [4.69, 9.17) is 0 Å². The van der Waals surface area contributed by atoms with Gasteiger partial charge in [0.2, 0.25) is 11.8 Å². The van der Waals surface area contributed by atoms with E-state index in [1.54, 1.807) is 0 Å². The Morgan fingerprint density at radius 2 is 1.70 bits per heavy atom. The van der Waals surface area contributed by atoms with E-state index in [1.807, 2.05) is 37.3 Å². The van der Waals surface area contributed by atoms with Crippen LogP contribution < -0.4 is 10.6 Å². The van der Waals surface area contributed by atoms with Gasteiger partial charge in [0.15, 0.2) is 0 Å². The number of carbonyl (C=O) groups is 2. The molecule has 2 aromatic rings. The highest BCUT2D eigenvalue weighted by molar-refractivity contribution is 5.80. The molecule has 0 fully saturated rings. The summed E-state index contributed by atoms with van der Waals surface area (Å²) in [6.07, 6.45) is 5.45. The number of aryl methyl sites for hydroxylation is 2. The molecule has 4 nitrogen and oxygen atoms in total. The molecule has 1 unspecified atom stereocenters. The van der Waals surface area contributed by atoms with Crippen molar-refractivity contribution in [2.75, 3.05) is 6.54 Å². The first-order valence-corrected chi connectivity index (χ1v) is 9.83. The second-order valence-electron chi connectivity index (χ2n) is 7.29. The number of amides is 2. The molecule has 0 saturated carbocycles. The van der Waals surface area contributed by atoms with E-state index in [0.717, 1.165) is 17.5 Å². The van der Waals surface area contributed by atoms with Crippen LogP contribution in [-0.4, -0.2) is 18.4 Å². The minimum Gasteiger partial charge on any atom is -0.355 e. The molecule has 0 heterocycles. The molecule has 0 aromatic heterocycles. The molecule has 0 bridgehead atoms. The first-order chi connectivity index (χ1) is 13.1. The average molecular weight is 364 g/mol. The molecule has 0 radical (unpaired) electrons. The Balaban J connectivity index is 1.41. The molecule has 2 N–H and O–H groups in total. The van der Waals surface area contributed by atoms with Crippen LogP contribution in [0.25, 0.3) is 0 Å². The van der Waals surface area contributed by atoms with E-state index < -0.39 is 0 Å². The van der Waals surface area contributed by atoms with Gasteiger partial charge in [-0.1, -0.05) is 48.5 Å². The minimum absolute atomic E-state index is 0.0234. The molecule has 1 atom stereocenters. The van der Waals surface area contributed by atoms with E-state index >= 15 is 0 Å². The van der Waals surface area contributed by atoms with Gasteiger partial charge in [-0.15, -0.1) is 0 Å². The molecule has 0 aliphatic heterocycles. The number of hydrogen-bond acceptors (Lipinski definition) is 2. The lowest BCUT2D eigenvalue weighted by Crippen LogP contribution is -2.32. The van der Waals surface area contributed by atoms with E-state index in [0.29, 0.717) is 13.0 Å². The van der Waals surface area contributed by atoms with Crippen molar-refractivity contribution in [3.8, 4) is 0 Å². The maximum absolute atomic E-state index is 12.2. The van der Waals surface area contributed by atoms with E-state index in [2.05, 4.69) is 28.8 Å². The van der Waals surface area contributed by atoms with Crippen LogP contribution in [0, 0.1) is 0 Å². The maximum Gasteiger partial charge on any atom is 0.224 e. The molecular formula is C23H28N2O2. The lowest BCUT2D eigenvalue weighted by Gasteiger charge is -2.20. The maximum atomic E-state index is 12.2. The predicted octanol–water partition coefficient (Wildman–Crippen LogP) is 3.49. The summed E-state index contributed by atoms with van der Waals surface area (Å²) in [4.78, 5) is 24.1. The third kappa shape index (κ3) is 5.68. The van der Waals surface area contributed by atoms with Crippen LogP contribution in [-0.2, 0) is 28.9 Å². The second-order valence-corrected chi connectivity index (χ2v) is 7.29. The van der Waals surface area contributed by atoms with Crippen molar-refractivity contribution in [3.63, 3.8) is 0 Å². The minimum atomic E-state index is -0.0586. The summed E-state index contributed by atoms with van der Waals surface area (Å²) in [6, 6.07) is 16.1. The van der Waals surface area contributed by atoms with Crippen molar-refractivity contribution < 1.29 is 9.59 Å². The zero-order valence-corrected chi connectivity index (χ0v) is 16.0. The van der Waals surface area contributed by atoms with Crippen LogP contribution in [0.15, 0.2) is 48.5 Å². The molecular weight excluding hydrogens is 336 g/mol. The molecule has 1 aliphatic rings. The van der Waals surface area contributed by atoms with Crippen molar-refractivity contribution >= 4 is 11.8 Å². The molecule has 0 spiro atoms. The van der Waals surface area contributed by atoms with Crippen LogP contribution in [0.3, 0.4) is 0 Å². The smallest absolute Gasteiger partial charge is 0.224 e. The first kappa shape index (κ1) is 19.2. The number of hydrogen-bond donors (Lipinski definition) is 2. The number of fused-ring (bicyclic) bond motifs is 1. The Bertz CT molecular complexity index is 786. The molecule has 4 heteroatoms. The van der Waals surface area contributed by atoms with Crippen molar-refractivity contribution in [2.45, 2.75) is 51.5 Å². The third-order valence-corrected chi connectivity index (χ3v) is 5.13. The van der Waals surface area contributed by atoms with Crippen molar-refractivity contribution in [2.24, 2.45) is 0 Å². The quantitative estimate of drug-likeness (QED) is 0.790. The average Bonchev–Trinajstić information content (AvgIpc) is 2.68. The highest BCUT2D eigenvalue weighted by atomic mass is 16.2. The van der Waals surface area contributed by atoms with Crippen LogP contribution in [0.1, 0.15) is 54.5 Å². The number of rotatable bonds is 7. The van der Waals surface area contributed by atoms with Gasteiger partial charge in [-0.2, -0.15) is 0 Å². The predicted molar refractivity (Wildman–Crippen MR) is 107 cm³/mol. The lowest BCUT2D eigenvalue weighted by atomic mass is 9.89. The van der Waals surface area contributed by atoms with Gasteiger partial charge < -0.3 is 10.6 Å². The molecule has 3 rings (SSSR count). The molecule has 0 saturated heterocycles. The Kier molecular flexibility index (Phi) is 6.64. The van der Waals surface area contributed by atoms with Crippen LogP contribution in [0.2, 0.25) is 0 Å². The number of carbonyl (C=O) groups excluding carboxylic acids is 2. The summed E-state index contributed by atoms with van der Waals surface area (Å²) < 4.78 is 0. The third-order valence-electron chi connectivity index (χ3n) is 5.13. The fraction of sp³-hybridized carbons (Fsp3) is 0.391. The Morgan fingerprint density at radius 1 is 0.963 bits per heavy atom. The van der Waals surface area contributed by atoms with Crippen molar-refractivity contribution in [1.82, 2.24) is 10.6 Å². The van der Waals surface area contributed by atoms with Crippen LogP contribution in [0.5, 0.6) is 0 Å². The standard InChI is InChI=1S/C23H28N2O2/c1-17(20-12-11-19-9-5-6-10-21(19)16-20)25-22(26)13-14-24-23(27)15-18-7-3-2-4-8-18/h2-4,7-8,11-12,16-17H,5-6,9-10,13-15H2,1H3,(H,24,27)(H,25,26). The van der Waals surface area contributed by atoms with Gasteiger partial charge in [0.25, 0.3) is 0 Å². The van der Waals surface area contributed by atoms with Crippen LogP contribution >= 0.6 is 0 Å². The van der Waals surface area contributed by atoms with E-state index in [9.17, 15) is 9.59 Å². The molecule has 27 heavy (non-hydrogen) atoms. The summed E-state index contributed by atoms with van der Waals surface area (Å²) in [6.45, 7) is 2.37. The largest absolute Gasteiger partial charge is 0.355 e. The highest BCUT2D eigenvalue weighted by Gasteiger charge is 2.14. The summed E-state index contributed by atoms with van der Waals surface area (Å²) in [5.41, 5.74) is 5.00. The van der Waals surface area contributed by atoms with E-state index in [-0.39, 0.29) is 24.3 Å². The van der Waals surface area contributed by atoms with Gasteiger partial charge in [0.05, 0.1) is 12.5 Å². The molecule has 2 amide bonds. The topological polar surface area (TPSA) is 58.2 Å². The Morgan fingerprint density at radius 3 is 2.48 bits per heavy atom. The summed E-state index contributed by atoms with van der Waals surface area (Å²) in [7, 11) is 0. The van der Waals surface area contributed by atoms with Gasteiger partial charge in [-0.05, 0) is 54.9 Å². The van der Waals surface area contributed by atoms with Crippen molar-refractivity contribution in [1.29, 1.82) is 0 Å². The lowest BCUT2D eigenvalue weighted by molar-refractivity contribution is -0.122. The molecule has 2 aromatic carbocycles. The Hall–Kier alpha value is -2.62. The monoisotopic (exact) mass is 364 g/mol. The molecule has 1 aliphatic carbocycles. The first-order valence-electron chi connectivity index (χ1n) is 9.83. The summed E-state index contributed by atoms with van der Waals surface area (Å²) in [5, 5.41) is 5.85. The zero-order valence-electron chi connectivity index (χ0n) is 16.0. The fourth-order valence-corrected chi connectivity index (χ4v) is 3.58. The van der Waals surface area contributed by atoms with Gasteiger partial charge in [0.1, 0.15) is 0 Å². The number of nitrogens with one attached hydrogen (secondary N) is 2. The summed E-state index contributed by atoms with van der Waals surface area (Å²) in [5.74, 6) is -0.100. The second kappa shape index (κ2) is 9.36. The molecule has 142 valence electrons.